The molecule has 128 valence electrons. The Morgan fingerprint density at radius 2 is 2.16 bits per heavy atom. The molecule has 3 aromatic rings. The monoisotopic (exact) mass is 344 g/mol. The molecule has 3 N–H and O–H groups in total. The van der Waals surface area contributed by atoms with Crippen LogP contribution in [-0.4, -0.2) is 37.4 Å². The fourth-order valence-electron chi connectivity index (χ4n) is 2.07. The molecular weight excluding hydrogens is 331 g/mol. The zero-order valence-corrected chi connectivity index (χ0v) is 13.0. The number of anilines is 1. The van der Waals surface area contributed by atoms with Crippen LogP contribution in [0.2, 0.25) is 0 Å². The molecule has 0 radical (unpaired) electrons. The molecule has 0 saturated heterocycles. The molecule has 0 unspecified atom stereocenters. The van der Waals surface area contributed by atoms with Gasteiger partial charge in [0.15, 0.2) is 5.69 Å². The number of carbonyl (C=O) groups is 1. The van der Waals surface area contributed by atoms with Crippen LogP contribution in [0.4, 0.5) is 10.2 Å². The molecule has 1 aromatic carbocycles. The fourth-order valence-corrected chi connectivity index (χ4v) is 2.07. The van der Waals surface area contributed by atoms with Crippen molar-refractivity contribution in [3.8, 4) is 5.82 Å². The van der Waals surface area contributed by atoms with Crippen molar-refractivity contribution in [2.45, 2.75) is 13.3 Å². The summed E-state index contributed by atoms with van der Waals surface area (Å²) in [4.78, 5) is 12.2. The second-order valence-electron chi connectivity index (χ2n) is 4.87. The first-order valence-electron chi connectivity index (χ1n) is 7.22. The molecule has 0 aliphatic heterocycles. The van der Waals surface area contributed by atoms with E-state index in [-0.39, 0.29) is 23.1 Å². The Labute approximate surface area is 140 Å². The van der Waals surface area contributed by atoms with Gasteiger partial charge in [0.2, 0.25) is 11.6 Å². The summed E-state index contributed by atoms with van der Waals surface area (Å²) in [6, 6.07) is 5.64. The number of nitrogen functional groups attached to an aromatic ring is 1. The van der Waals surface area contributed by atoms with Crippen molar-refractivity contribution in [3.05, 3.63) is 47.0 Å². The Morgan fingerprint density at radius 3 is 2.80 bits per heavy atom. The molecule has 25 heavy (non-hydrogen) atoms. The zero-order valence-electron chi connectivity index (χ0n) is 13.0. The van der Waals surface area contributed by atoms with Crippen LogP contribution in [0, 0.1) is 5.82 Å². The topological polar surface area (TPSA) is 137 Å². The maximum absolute atomic E-state index is 12.8. The summed E-state index contributed by atoms with van der Waals surface area (Å²) in [7, 11) is 0. The quantitative estimate of drug-likeness (QED) is 0.513. The molecular formula is C14H13FN8O2. The van der Waals surface area contributed by atoms with E-state index in [1.54, 1.807) is 0 Å². The number of hydrogen-bond donors (Lipinski definition) is 2. The van der Waals surface area contributed by atoms with Gasteiger partial charge in [-0.2, -0.15) is 9.78 Å². The van der Waals surface area contributed by atoms with Crippen LogP contribution in [0.25, 0.3) is 5.82 Å². The lowest BCUT2D eigenvalue weighted by molar-refractivity contribution is 0.0949. The first kappa shape index (κ1) is 16.2. The van der Waals surface area contributed by atoms with Gasteiger partial charge in [-0.15, -0.1) is 5.10 Å². The van der Waals surface area contributed by atoms with Crippen LogP contribution in [0.1, 0.15) is 28.7 Å². The number of amides is 1. The molecule has 2 aromatic heterocycles. The van der Waals surface area contributed by atoms with Gasteiger partial charge in [-0.1, -0.05) is 24.3 Å². The van der Waals surface area contributed by atoms with Crippen molar-refractivity contribution in [2.75, 3.05) is 5.73 Å². The standard InChI is InChI=1S/C14H13FN8O2/c1-2-10-11(18-22-23(10)13-12(16)20-25-21-13)14(24)19-17-7-8-3-5-9(15)6-4-8/h3-7H,2H2,1H3,(H2,16,20)(H,19,24)/b17-7+. The minimum Gasteiger partial charge on any atom is -0.378 e. The number of halogens is 1. The number of hydrogen-bond acceptors (Lipinski definition) is 8. The lowest BCUT2D eigenvalue weighted by Gasteiger charge is -2.02. The molecule has 2 heterocycles. The molecule has 0 saturated carbocycles. The lowest BCUT2D eigenvalue weighted by Crippen LogP contribution is -2.20. The summed E-state index contributed by atoms with van der Waals surface area (Å²) in [6.07, 6.45) is 1.82. The number of carbonyl (C=O) groups excluding carboxylic acids is 1. The molecule has 0 spiro atoms. The summed E-state index contributed by atoms with van der Waals surface area (Å²) in [6.45, 7) is 1.82. The molecule has 0 bridgehead atoms. The average molecular weight is 344 g/mol. The summed E-state index contributed by atoms with van der Waals surface area (Å²) in [5.41, 5.74) is 9.14. The Morgan fingerprint density at radius 1 is 1.40 bits per heavy atom. The Bertz CT molecular complexity index is 915. The molecule has 0 aliphatic rings. The number of rotatable bonds is 5. The second-order valence-corrected chi connectivity index (χ2v) is 4.87. The van der Waals surface area contributed by atoms with Crippen LogP contribution in [-0.2, 0) is 6.42 Å². The highest BCUT2D eigenvalue weighted by atomic mass is 19.1. The van der Waals surface area contributed by atoms with E-state index in [1.165, 1.54) is 35.2 Å². The van der Waals surface area contributed by atoms with Gasteiger partial charge in [-0.3, -0.25) is 4.79 Å². The third-order valence-electron chi connectivity index (χ3n) is 3.26. The highest BCUT2D eigenvalue weighted by Gasteiger charge is 2.22. The average Bonchev–Trinajstić information content (AvgIpc) is 3.21. The van der Waals surface area contributed by atoms with Crippen molar-refractivity contribution in [1.29, 1.82) is 0 Å². The summed E-state index contributed by atoms with van der Waals surface area (Å²) in [5.74, 6) is -0.734. The lowest BCUT2D eigenvalue weighted by atomic mass is 10.2. The van der Waals surface area contributed by atoms with Crippen molar-refractivity contribution < 1.29 is 13.8 Å². The summed E-state index contributed by atoms with van der Waals surface area (Å²) < 4.78 is 18.6. The third kappa shape index (κ3) is 3.34. The first-order valence-corrected chi connectivity index (χ1v) is 7.22. The van der Waals surface area contributed by atoms with Crippen molar-refractivity contribution >= 4 is 17.9 Å². The SMILES string of the molecule is CCc1c(C(=O)N/N=C/c2ccc(F)cc2)nnn1-c1nonc1N. The van der Waals surface area contributed by atoms with E-state index < -0.39 is 5.91 Å². The second kappa shape index (κ2) is 6.86. The van der Waals surface area contributed by atoms with Crippen LogP contribution in [0.5, 0.6) is 0 Å². The third-order valence-corrected chi connectivity index (χ3v) is 3.26. The number of aromatic nitrogens is 5. The van der Waals surface area contributed by atoms with E-state index in [0.29, 0.717) is 17.7 Å². The number of nitrogens with zero attached hydrogens (tertiary/aromatic N) is 6. The van der Waals surface area contributed by atoms with E-state index in [1.807, 2.05) is 6.92 Å². The number of benzene rings is 1. The maximum Gasteiger partial charge on any atom is 0.293 e. The molecule has 0 aliphatic carbocycles. The predicted molar refractivity (Wildman–Crippen MR) is 84.5 cm³/mol. The maximum atomic E-state index is 12.8. The highest BCUT2D eigenvalue weighted by molar-refractivity contribution is 5.94. The van der Waals surface area contributed by atoms with Crippen LogP contribution in [0.3, 0.4) is 0 Å². The van der Waals surface area contributed by atoms with Gasteiger partial charge in [0.25, 0.3) is 5.91 Å². The van der Waals surface area contributed by atoms with E-state index in [4.69, 9.17) is 5.73 Å². The van der Waals surface area contributed by atoms with Crippen molar-refractivity contribution in [3.63, 3.8) is 0 Å². The molecule has 11 heteroatoms. The summed E-state index contributed by atoms with van der Waals surface area (Å²) in [5, 5.41) is 18.6. The number of nitrogens with two attached hydrogens (primary N) is 1. The molecule has 0 fully saturated rings. The smallest absolute Gasteiger partial charge is 0.293 e. The van der Waals surface area contributed by atoms with E-state index >= 15 is 0 Å². The normalized spacial score (nSPS) is 11.1. The molecule has 1 amide bonds. The Balaban J connectivity index is 1.77. The Kier molecular flexibility index (Phi) is 4.46. The van der Waals surface area contributed by atoms with Crippen LogP contribution < -0.4 is 11.2 Å². The summed E-state index contributed by atoms with van der Waals surface area (Å²) >= 11 is 0. The van der Waals surface area contributed by atoms with Gasteiger partial charge in [-0.25, -0.2) is 14.4 Å². The van der Waals surface area contributed by atoms with Crippen LogP contribution in [0.15, 0.2) is 34.0 Å². The predicted octanol–water partition coefficient (Wildman–Crippen LogP) is 0.698. The first-order chi connectivity index (χ1) is 12.1. The van der Waals surface area contributed by atoms with Crippen molar-refractivity contribution in [2.24, 2.45) is 5.10 Å². The van der Waals surface area contributed by atoms with E-state index in [9.17, 15) is 9.18 Å². The molecule has 0 atom stereocenters. The minimum atomic E-state index is -0.559. The number of hydrazone groups is 1. The molecule has 3 rings (SSSR count). The largest absolute Gasteiger partial charge is 0.378 e. The van der Waals surface area contributed by atoms with Gasteiger partial charge in [0.1, 0.15) is 5.82 Å². The van der Waals surface area contributed by atoms with Crippen LogP contribution >= 0.6 is 0 Å². The number of nitrogens with one attached hydrogen (secondary N) is 1. The van der Waals surface area contributed by atoms with Gasteiger partial charge in [-0.05, 0) is 34.4 Å². The van der Waals surface area contributed by atoms with Gasteiger partial charge >= 0.3 is 0 Å². The van der Waals surface area contributed by atoms with Gasteiger partial charge in [0, 0.05) is 0 Å². The zero-order chi connectivity index (χ0) is 17.8. The van der Waals surface area contributed by atoms with E-state index in [2.05, 4.69) is 35.8 Å². The van der Waals surface area contributed by atoms with Gasteiger partial charge in [0.05, 0.1) is 11.9 Å². The Hall–Kier alpha value is -3.63. The van der Waals surface area contributed by atoms with Crippen molar-refractivity contribution in [1.82, 2.24) is 30.7 Å². The molecule has 10 nitrogen and oxygen atoms in total. The minimum absolute atomic E-state index is 0.0286. The van der Waals surface area contributed by atoms with E-state index in [0.717, 1.165) is 0 Å². The fraction of sp³-hybridized carbons (Fsp3) is 0.143. The van der Waals surface area contributed by atoms with Gasteiger partial charge < -0.3 is 5.73 Å². The highest BCUT2D eigenvalue weighted by Crippen LogP contribution is 2.16.